The zero-order valence-electron chi connectivity index (χ0n) is 10.7. The fourth-order valence-corrected chi connectivity index (χ4v) is 2.39. The number of carbonyl (C=O) groups is 1. The van der Waals surface area contributed by atoms with Crippen molar-refractivity contribution in [2.24, 2.45) is 0 Å². The predicted octanol–water partition coefficient (Wildman–Crippen LogP) is 1.82. The molecule has 1 aromatic rings. The van der Waals surface area contributed by atoms with Crippen LogP contribution in [0.25, 0.3) is 0 Å². The van der Waals surface area contributed by atoms with Gasteiger partial charge in [-0.2, -0.15) is 0 Å². The summed E-state index contributed by atoms with van der Waals surface area (Å²) >= 11 is 0. The minimum absolute atomic E-state index is 0.171. The van der Waals surface area contributed by atoms with Gasteiger partial charge in [-0.25, -0.2) is 9.97 Å². The van der Waals surface area contributed by atoms with Gasteiger partial charge in [-0.15, -0.1) is 0 Å². The molecule has 0 bridgehead atoms. The van der Waals surface area contributed by atoms with Crippen molar-refractivity contribution in [1.29, 1.82) is 0 Å². The van der Waals surface area contributed by atoms with Crippen molar-refractivity contribution in [2.75, 3.05) is 13.1 Å². The van der Waals surface area contributed by atoms with Gasteiger partial charge in [-0.3, -0.25) is 4.79 Å². The van der Waals surface area contributed by atoms with Crippen LogP contribution in [-0.2, 0) is 4.79 Å². The smallest absolute Gasteiger partial charge is 0.219 e. The van der Waals surface area contributed by atoms with Crippen LogP contribution in [0, 0.1) is 13.8 Å². The van der Waals surface area contributed by atoms with E-state index in [-0.39, 0.29) is 5.91 Å². The standard InChI is InChI=1S/C13H19N3O/c1-9-8-10(2)15-13(14-9)12-4-6-16(7-5-12)11(3)17/h8,12H,4-7H2,1-3H3. The van der Waals surface area contributed by atoms with Crippen molar-refractivity contribution in [1.82, 2.24) is 14.9 Å². The van der Waals surface area contributed by atoms with Gasteiger partial charge in [0.1, 0.15) is 5.82 Å². The van der Waals surface area contributed by atoms with Crippen molar-refractivity contribution in [3.8, 4) is 0 Å². The zero-order chi connectivity index (χ0) is 12.4. The summed E-state index contributed by atoms with van der Waals surface area (Å²) in [7, 11) is 0. The summed E-state index contributed by atoms with van der Waals surface area (Å²) in [5.41, 5.74) is 2.06. The molecule has 17 heavy (non-hydrogen) atoms. The first-order valence-electron chi connectivity index (χ1n) is 6.14. The molecule has 1 aromatic heterocycles. The summed E-state index contributed by atoms with van der Waals surface area (Å²) in [5.74, 6) is 1.53. The van der Waals surface area contributed by atoms with Crippen molar-refractivity contribution in [3.63, 3.8) is 0 Å². The molecule has 1 saturated heterocycles. The minimum atomic E-state index is 0.171. The largest absolute Gasteiger partial charge is 0.343 e. The van der Waals surface area contributed by atoms with E-state index in [0.717, 1.165) is 43.1 Å². The molecule has 1 aliphatic rings. The highest BCUT2D eigenvalue weighted by molar-refractivity contribution is 5.73. The van der Waals surface area contributed by atoms with Crippen molar-refractivity contribution in [2.45, 2.75) is 39.5 Å². The number of carbonyl (C=O) groups excluding carboxylic acids is 1. The lowest BCUT2D eigenvalue weighted by molar-refractivity contribution is -0.129. The number of aromatic nitrogens is 2. The van der Waals surface area contributed by atoms with Crippen LogP contribution in [-0.4, -0.2) is 33.9 Å². The Labute approximate surface area is 102 Å². The average molecular weight is 233 g/mol. The Kier molecular flexibility index (Phi) is 3.41. The van der Waals surface area contributed by atoms with Crippen LogP contribution >= 0.6 is 0 Å². The number of piperidine rings is 1. The van der Waals surface area contributed by atoms with Gasteiger partial charge in [0.05, 0.1) is 0 Å². The van der Waals surface area contributed by atoms with Gasteiger partial charge >= 0.3 is 0 Å². The lowest BCUT2D eigenvalue weighted by atomic mass is 9.95. The Balaban J connectivity index is 2.07. The molecule has 92 valence electrons. The molecule has 2 heterocycles. The van der Waals surface area contributed by atoms with Crippen molar-refractivity contribution < 1.29 is 4.79 Å². The normalized spacial score (nSPS) is 17.2. The lowest BCUT2D eigenvalue weighted by Gasteiger charge is -2.30. The van der Waals surface area contributed by atoms with Crippen LogP contribution in [0.3, 0.4) is 0 Å². The second-order valence-electron chi connectivity index (χ2n) is 4.79. The van der Waals surface area contributed by atoms with E-state index in [9.17, 15) is 4.79 Å². The van der Waals surface area contributed by atoms with Crippen LogP contribution in [0.4, 0.5) is 0 Å². The molecular formula is C13H19N3O. The molecular weight excluding hydrogens is 214 g/mol. The topological polar surface area (TPSA) is 46.1 Å². The first kappa shape index (κ1) is 12.0. The fraction of sp³-hybridized carbons (Fsp3) is 0.615. The summed E-state index contributed by atoms with van der Waals surface area (Å²) in [6.07, 6.45) is 1.95. The van der Waals surface area contributed by atoms with Gasteiger partial charge in [-0.05, 0) is 32.8 Å². The average Bonchev–Trinajstić information content (AvgIpc) is 2.28. The zero-order valence-corrected chi connectivity index (χ0v) is 10.7. The van der Waals surface area contributed by atoms with Gasteiger partial charge in [0.15, 0.2) is 0 Å². The highest BCUT2D eigenvalue weighted by Gasteiger charge is 2.23. The monoisotopic (exact) mass is 233 g/mol. The fourth-order valence-electron chi connectivity index (χ4n) is 2.39. The molecule has 0 atom stereocenters. The Morgan fingerprint density at radius 1 is 1.24 bits per heavy atom. The third kappa shape index (κ3) is 2.81. The Hall–Kier alpha value is -1.45. The van der Waals surface area contributed by atoms with Crippen LogP contribution in [0.15, 0.2) is 6.07 Å². The highest BCUT2D eigenvalue weighted by atomic mass is 16.2. The SMILES string of the molecule is CC(=O)N1CCC(c2nc(C)cc(C)n2)CC1. The number of rotatable bonds is 1. The first-order chi connectivity index (χ1) is 8.06. The van der Waals surface area contributed by atoms with E-state index < -0.39 is 0 Å². The van der Waals surface area contributed by atoms with Gasteiger partial charge in [0.2, 0.25) is 5.91 Å². The summed E-state index contributed by atoms with van der Waals surface area (Å²) < 4.78 is 0. The van der Waals surface area contributed by atoms with E-state index in [1.807, 2.05) is 24.8 Å². The molecule has 0 unspecified atom stereocenters. The Morgan fingerprint density at radius 3 is 2.24 bits per heavy atom. The molecule has 0 aromatic carbocycles. The number of nitrogens with zero attached hydrogens (tertiary/aromatic N) is 3. The van der Waals surface area contributed by atoms with Crippen molar-refractivity contribution in [3.05, 3.63) is 23.3 Å². The summed E-state index contributed by atoms with van der Waals surface area (Å²) in [5, 5.41) is 0. The molecule has 0 aliphatic carbocycles. The van der Waals surface area contributed by atoms with Gasteiger partial charge < -0.3 is 4.90 Å². The van der Waals surface area contributed by atoms with Crippen LogP contribution in [0.1, 0.15) is 42.9 Å². The van der Waals surface area contributed by atoms with E-state index in [1.165, 1.54) is 0 Å². The third-order valence-corrected chi connectivity index (χ3v) is 3.31. The van der Waals surface area contributed by atoms with E-state index in [0.29, 0.717) is 5.92 Å². The number of hydrogen-bond donors (Lipinski definition) is 0. The number of hydrogen-bond acceptors (Lipinski definition) is 3. The summed E-state index contributed by atoms with van der Waals surface area (Å²) in [6.45, 7) is 7.30. The first-order valence-corrected chi connectivity index (χ1v) is 6.14. The van der Waals surface area contributed by atoms with Crippen LogP contribution < -0.4 is 0 Å². The molecule has 0 spiro atoms. The Bertz CT molecular complexity index is 402. The highest BCUT2D eigenvalue weighted by Crippen LogP contribution is 2.25. The van der Waals surface area contributed by atoms with E-state index >= 15 is 0 Å². The van der Waals surface area contributed by atoms with Gasteiger partial charge in [0.25, 0.3) is 0 Å². The quantitative estimate of drug-likeness (QED) is 0.743. The molecule has 2 rings (SSSR count). The molecule has 4 nitrogen and oxygen atoms in total. The third-order valence-electron chi connectivity index (χ3n) is 3.31. The van der Waals surface area contributed by atoms with Gasteiger partial charge in [-0.1, -0.05) is 0 Å². The summed E-state index contributed by atoms with van der Waals surface area (Å²) in [4.78, 5) is 22.2. The number of amides is 1. The molecule has 0 N–H and O–H groups in total. The summed E-state index contributed by atoms with van der Waals surface area (Å²) in [6, 6.07) is 1.99. The molecule has 0 radical (unpaired) electrons. The van der Waals surface area contributed by atoms with E-state index in [1.54, 1.807) is 6.92 Å². The molecule has 1 amide bonds. The van der Waals surface area contributed by atoms with Crippen LogP contribution in [0.5, 0.6) is 0 Å². The van der Waals surface area contributed by atoms with Crippen LogP contribution in [0.2, 0.25) is 0 Å². The lowest BCUT2D eigenvalue weighted by Crippen LogP contribution is -2.36. The second-order valence-corrected chi connectivity index (χ2v) is 4.79. The number of likely N-dealkylation sites (tertiary alicyclic amines) is 1. The maximum atomic E-state index is 11.2. The molecule has 1 fully saturated rings. The molecule has 0 saturated carbocycles. The van der Waals surface area contributed by atoms with E-state index in [4.69, 9.17) is 0 Å². The second kappa shape index (κ2) is 4.82. The maximum absolute atomic E-state index is 11.2. The van der Waals surface area contributed by atoms with Crippen molar-refractivity contribution >= 4 is 5.91 Å². The molecule has 1 aliphatic heterocycles. The minimum Gasteiger partial charge on any atom is -0.343 e. The maximum Gasteiger partial charge on any atom is 0.219 e. The molecule has 4 heteroatoms. The predicted molar refractivity (Wildman–Crippen MR) is 65.7 cm³/mol. The number of aryl methyl sites for hydroxylation is 2. The Morgan fingerprint density at radius 2 is 1.76 bits per heavy atom. The van der Waals surface area contributed by atoms with E-state index in [2.05, 4.69) is 9.97 Å². The van der Waals surface area contributed by atoms with Gasteiger partial charge in [0, 0.05) is 37.3 Å².